The Balaban J connectivity index is 1.72. The van der Waals surface area contributed by atoms with E-state index in [0.29, 0.717) is 16.8 Å². The van der Waals surface area contributed by atoms with Gasteiger partial charge in [0.2, 0.25) is 0 Å². The zero-order chi connectivity index (χ0) is 21.2. The van der Waals surface area contributed by atoms with Crippen LogP contribution >= 0.6 is 27.5 Å². The molecule has 0 radical (unpaired) electrons. The molecule has 9 heteroatoms. The fourth-order valence-corrected chi connectivity index (χ4v) is 4.03. The number of imide groups is 1. The summed E-state index contributed by atoms with van der Waals surface area (Å²) in [7, 11) is 0. The summed E-state index contributed by atoms with van der Waals surface area (Å²) in [4.78, 5) is 31.7. The van der Waals surface area contributed by atoms with Crippen LogP contribution in [0, 0.1) is 12.7 Å². The lowest BCUT2D eigenvalue weighted by Gasteiger charge is -2.13. The molecule has 0 unspecified atom stereocenters. The second-order valence-electron chi connectivity index (χ2n) is 6.76. The number of carbonyl (C=O) groups is 2. The lowest BCUT2D eigenvalue weighted by atomic mass is 10.1. The van der Waals surface area contributed by atoms with E-state index in [1.807, 2.05) is 0 Å². The van der Waals surface area contributed by atoms with E-state index in [-0.39, 0.29) is 27.5 Å². The minimum Gasteiger partial charge on any atom is -0.268 e. The number of nitrogens with zero attached hydrogens (tertiary/aromatic N) is 4. The molecule has 1 aliphatic heterocycles. The summed E-state index contributed by atoms with van der Waals surface area (Å²) in [5.74, 6) is -1.51. The minimum absolute atomic E-state index is 0.145. The Bertz CT molecular complexity index is 1380. The predicted octanol–water partition coefficient (Wildman–Crippen LogP) is 5.08. The number of hydrogen-bond donors (Lipinski definition) is 0. The van der Waals surface area contributed by atoms with Crippen LogP contribution in [-0.4, -0.2) is 26.6 Å². The van der Waals surface area contributed by atoms with Crippen molar-refractivity contribution in [3.63, 3.8) is 0 Å². The largest absolute Gasteiger partial charge is 0.268 e. The van der Waals surface area contributed by atoms with Gasteiger partial charge < -0.3 is 0 Å². The van der Waals surface area contributed by atoms with Crippen LogP contribution < -0.4 is 4.90 Å². The van der Waals surface area contributed by atoms with Gasteiger partial charge in [-0.25, -0.2) is 19.0 Å². The van der Waals surface area contributed by atoms with Gasteiger partial charge in [0.1, 0.15) is 11.5 Å². The number of rotatable bonds is 2. The van der Waals surface area contributed by atoms with Gasteiger partial charge in [-0.05, 0) is 49.4 Å². The van der Waals surface area contributed by atoms with Crippen molar-refractivity contribution in [2.24, 2.45) is 0 Å². The first-order valence-electron chi connectivity index (χ1n) is 8.85. The quantitative estimate of drug-likeness (QED) is 0.371. The molecule has 5 rings (SSSR count). The van der Waals surface area contributed by atoms with E-state index in [1.165, 1.54) is 23.0 Å². The van der Waals surface area contributed by atoms with E-state index in [9.17, 15) is 14.0 Å². The van der Waals surface area contributed by atoms with Crippen molar-refractivity contribution in [3.8, 4) is 5.69 Å². The first-order valence-corrected chi connectivity index (χ1v) is 10.0. The van der Waals surface area contributed by atoms with Gasteiger partial charge in [-0.2, -0.15) is 5.10 Å². The lowest BCUT2D eigenvalue weighted by molar-refractivity contribution is 0.0926. The maximum Gasteiger partial charge on any atom is 0.267 e. The number of aryl methyl sites for hydroxylation is 1. The normalized spacial score (nSPS) is 13.4. The van der Waals surface area contributed by atoms with E-state index in [2.05, 4.69) is 26.0 Å². The van der Waals surface area contributed by atoms with E-state index in [0.717, 1.165) is 9.37 Å². The van der Waals surface area contributed by atoms with Gasteiger partial charge in [0.05, 0.1) is 27.9 Å². The summed E-state index contributed by atoms with van der Waals surface area (Å²) in [6.45, 7) is 1.69. The van der Waals surface area contributed by atoms with E-state index >= 15 is 0 Å². The Kier molecular flexibility index (Phi) is 4.23. The first kappa shape index (κ1) is 18.9. The molecule has 0 N–H and O–H groups in total. The molecule has 148 valence electrons. The number of aromatic nitrogens is 3. The molecule has 0 saturated carbocycles. The summed E-state index contributed by atoms with van der Waals surface area (Å²) < 4.78 is 16.6. The van der Waals surface area contributed by atoms with Crippen LogP contribution in [0.1, 0.15) is 26.4 Å². The van der Waals surface area contributed by atoms with Gasteiger partial charge in [0.15, 0.2) is 5.65 Å². The molecule has 1 aliphatic rings. The maximum absolute atomic E-state index is 14.5. The average molecular weight is 486 g/mol. The number of hydrogen-bond acceptors (Lipinski definition) is 4. The Labute approximate surface area is 183 Å². The number of fused-ring (bicyclic) bond motifs is 3. The summed E-state index contributed by atoms with van der Waals surface area (Å²) in [5.41, 5.74) is 1.74. The van der Waals surface area contributed by atoms with Crippen molar-refractivity contribution < 1.29 is 14.0 Å². The van der Waals surface area contributed by atoms with Crippen LogP contribution in [-0.2, 0) is 0 Å². The Morgan fingerprint density at radius 2 is 1.80 bits per heavy atom. The molecule has 3 heterocycles. The van der Waals surface area contributed by atoms with Crippen LogP contribution in [0.15, 0.2) is 53.1 Å². The number of halogens is 3. The summed E-state index contributed by atoms with van der Waals surface area (Å²) in [6, 6.07) is 11.1. The second-order valence-corrected chi connectivity index (χ2v) is 8.11. The zero-order valence-corrected chi connectivity index (χ0v) is 17.7. The number of carbonyl (C=O) groups excluding carboxylic acids is 2. The number of anilines is 1. The van der Waals surface area contributed by atoms with Gasteiger partial charge in [0, 0.05) is 15.7 Å². The molecule has 0 bridgehead atoms. The highest BCUT2D eigenvalue weighted by Gasteiger charge is 2.40. The summed E-state index contributed by atoms with van der Waals surface area (Å²) >= 11 is 9.19. The van der Waals surface area contributed by atoms with Gasteiger partial charge >= 0.3 is 0 Å². The zero-order valence-electron chi connectivity index (χ0n) is 15.4. The lowest BCUT2D eigenvalue weighted by Crippen LogP contribution is -2.29. The molecule has 2 amide bonds. The fraction of sp³-hybridized carbons (Fsp3) is 0.0476. The Hall–Kier alpha value is -3.10. The molecule has 0 saturated heterocycles. The molecule has 4 aromatic rings. The molecule has 6 nitrogen and oxygen atoms in total. The van der Waals surface area contributed by atoms with Gasteiger partial charge in [-0.3, -0.25) is 9.59 Å². The van der Waals surface area contributed by atoms with Gasteiger partial charge in [0.25, 0.3) is 11.8 Å². The third-order valence-electron chi connectivity index (χ3n) is 4.94. The molecular formula is C21H11BrClFN4O2. The summed E-state index contributed by atoms with van der Waals surface area (Å²) in [6.07, 6.45) is 1.34. The Morgan fingerprint density at radius 3 is 2.50 bits per heavy atom. The topological polar surface area (TPSA) is 68.1 Å². The molecule has 0 spiro atoms. The smallest absolute Gasteiger partial charge is 0.267 e. The highest BCUT2D eigenvalue weighted by molar-refractivity contribution is 9.10. The molecule has 30 heavy (non-hydrogen) atoms. The van der Waals surface area contributed by atoms with Gasteiger partial charge in [-0.1, -0.05) is 27.5 Å². The third-order valence-corrected chi connectivity index (χ3v) is 5.71. The molecule has 0 atom stereocenters. The minimum atomic E-state index is -0.576. The van der Waals surface area contributed by atoms with Crippen molar-refractivity contribution in [2.75, 3.05) is 4.90 Å². The van der Waals surface area contributed by atoms with Crippen LogP contribution in [0.5, 0.6) is 0 Å². The predicted molar refractivity (Wildman–Crippen MR) is 114 cm³/mol. The molecule has 0 fully saturated rings. The second kappa shape index (κ2) is 6.72. The molecule has 0 aliphatic carbocycles. The van der Waals surface area contributed by atoms with Crippen molar-refractivity contribution >= 4 is 56.1 Å². The van der Waals surface area contributed by atoms with Crippen molar-refractivity contribution in [2.45, 2.75) is 6.92 Å². The monoisotopic (exact) mass is 484 g/mol. The standard InChI is InChI=1S/C21H11BrClFN4O2/c1-10-17-18-14(20(29)27(21(18)30)13-5-2-11(22)3-6-13)9-25-19(17)28(26-10)16-7-4-12(23)8-15(16)24/h2-9H,1H3. The molecule has 2 aromatic heterocycles. The molecule has 2 aromatic carbocycles. The highest BCUT2D eigenvalue weighted by atomic mass is 79.9. The fourth-order valence-electron chi connectivity index (χ4n) is 3.61. The Morgan fingerprint density at radius 1 is 1.07 bits per heavy atom. The van der Waals surface area contributed by atoms with Crippen molar-refractivity contribution in [1.29, 1.82) is 0 Å². The maximum atomic E-state index is 14.5. The highest BCUT2D eigenvalue weighted by Crippen LogP contribution is 2.35. The first-order chi connectivity index (χ1) is 14.4. The van der Waals surface area contributed by atoms with Crippen LogP contribution in [0.2, 0.25) is 5.02 Å². The van der Waals surface area contributed by atoms with E-state index in [1.54, 1.807) is 37.3 Å². The van der Waals surface area contributed by atoms with Crippen LogP contribution in [0.4, 0.5) is 10.1 Å². The van der Waals surface area contributed by atoms with Crippen LogP contribution in [0.25, 0.3) is 16.7 Å². The van der Waals surface area contributed by atoms with E-state index < -0.39 is 17.6 Å². The van der Waals surface area contributed by atoms with Crippen molar-refractivity contribution in [1.82, 2.24) is 14.8 Å². The van der Waals surface area contributed by atoms with Gasteiger partial charge in [-0.15, -0.1) is 0 Å². The molecular weight excluding hydrogens is 475 g/mol. The average Bonchev–Trinajstić information content (AvgIpc) is 3.17. The SMILES string of the molecule is Cc1nn(-c2ccc(Cl)cc2F)c2ncc3c(c12)C(=O)N(c1ccc(Br)cc1)C3=O. The van der Waals surface area contributed by atoms with Crippen LogP contribution in [0.3, 0.4) is 0 Å². The van der Waals surface area contributed by atoms with E-state index in [4.69, 9.17) is 11.6 Å². The number of amides is 2. The number of benzene rings is 2. The van der Waals surface area contributed by atoms with Crippen molar-refractivity contribution in [3.05, 3.63) is 80.8 Å². The number of pyridine rings is 1. The third kappa shape index (κ3) is 2.68. The summed E-state index contributed by atoms with van der Waals surface area (Å²) in [5, 5.41) is 5.05.